The van der Waals surface area contributed by atoms with E-state index in [-0.39, 0.29) is 0 Å². The highest BCUT2D eigenvalue weighted by atomic mass is 16.5. The maximum Gasteiger partial charge on any atom is 0.411 e. The van der Waals surface area contributed by atoms with Gasteiger partial charge in [0.25, 0.3) is 0 Å². The van der Waals surface area contributed by atoms with Crippen LogP contribution in [0, 0.1) is 19.8 Å². The van der Waals surface area contributed by atoms with Crippen LogP contribution in [0.25, 0.3) is 0 Å². The number of carbonyl (C=O) groups is 1. The van der Waals surface area contributed by atoms with Crippen LogP contribution in [-0.4, -0.2) is 12.7 Å². The first kappa shape index (κ1) is 13.4. The molecule has 0 aliphatic heterocycles. The van der Waals surface area contributed by atoms with Gasteiger partial charge in [-0.25, -0.2) is 4.79 Å². The van der Waals surface area contributed by atoms with Gasteiger partial charge in [-0.3, -0.25) is 5.32 Å². The summed E-state index contributed by atoms with van der Waals surface area (Å²) in [5.74, 6) is 0.328. The highest BCUT2D eigenvalue weighted by molar-refractivity contribution is 5.87. The van der Waals surface area contributed by atoms with Gasteiger partial charge in [0.1, 0.15) is 0 Å². The van der Waals surface area contributed by atoms with Gasteiger partial charge in [-0.15, -0.1) is 0 Å². The largest absolute Gasteiger partial charge is 0.449 e. The molecule has 1 aromatic carbocycles. The average Bonchev–Trinajstić information content (AvgIpc) is 2.20. The van der Waals surface area contributed by atoms with Crippen molar-refractivity contribution in [1.29, 1.82) is 0 Å². The molecule has 1 amide bonds. The molecule has 0 heterocycles. The molecule has 4 heteroatoms. The molecule has 0 aromatic heterocycles. The molecule has 0 atom stereocenters. The summed E-state index contributed by atoms with van der Waals surface area (Å²) in [6.07, 6.45) is -0.422. The van der Waals surface area contributed by atoms with Crippen molar-refractivity contribution >= 4 is 17.5 Å². The molecule has 0 fully saturated rings. The molecule has 4 nitrogen and oxygen atoms in total. The number of aryl methyl sites for hydroxylation is 2. The molecular formula is C13H20N2O2. The van der Waals surface area contributed by atoms with Crippen molar-refractivity contribution in [2.24, 2.45) is 5.92 Å². The Kier molecular flexibility index (Phi) is 4.37. The molecule has 1 rings (SSSR count). The van der Waals surface area contributed by atoms with E-state index < -0.39 is 6.09 Å². The van der Waals surface area contributed by atoms with Gasteiger partial charge in [0.05, 0.1) is 6.61 Å². The van der Waals surface area contributed by atoms with Crippen LogP contribution in [0.5, 0.6) is 0 Å². The Bertz CT molecular complexity index is 391. The molecule has 0 aliphatic rings. The summed E-state index contributed by atoms with van der Waals surface area (Å²) < 4.78 is 5.07. The van der Waals surface area contributed by atoms with Gasteiger partial charge in [0, 0.05) is 11.4 Å². The zero-order valence-electron chi connectivity index (χ0n) is 10.8. The zero-order valence-corrected chi connectivity index (χ0v) is 10.8. The van der Waals surface area contributed by atoms with Crippen LogP contribution in [0.4, 0.5) is 16.2 Å². The number of carbonyl (C=O) groups excluding carboxylic acids is 1. The van der Waals surface area contributed by atoms with Gasteiger partial charge in [-0.2, -0.15) is 0 Å². The van der Waals surface area contributed by atoms with Crippen LogP contribution in [0.1, 0.15) is 25.0 Å². The maximum atomic E-state index is 11.5. The summed E-state index contributed by atoms with van der Waals surface area (Å²) >= 11 is 0. The fourth-order valence-corrected chi connectivity index (χ4v) is 1.57. The van der Waals surface area contributed by atoms with Crippen LogP contribution in [0.3, 0.4) is 0 Å². The first-order chi connectivity index (χ1) is 7.90. The monoisotopic (exact) mass is 236 g/mol. The van der Waals surface area contributed by atoms with E-state index in [1.807, 2.05) is 39.8 Å². The highest BCUT2D eigenvalue weighted by Crippen LogP contribution is 2.23. The second kappa shape index (κ2) is 5.57. The van der Waals surface area contributed by atoms with Crippen LogP contribution in [0.15, 0.2) is 12.1 Å². The number of nitrogens with two attached hydrogens (primary N) is 1. The van der Waals surface area contributed by atoms with Crippen molar-refractivity contribution < 1.29 is 9.53 Å². The summed E-state index contributed by atoms with van der Waals surface area (Å²) in [4.78, 5) is 11.5. The molecule has 0 bridgehead atoms. The maximum absolute atomic E-state index is 11.5. The van der Waals surface area contributed by atoms with Gasteiger partial charge in [-0.05, 0) is 43.0 Å². The number of hydrogen-bond donors (Lipinski definition) is 2. The Morgan fingerprint density at radius 2 is 1.88 bits per heavy atom. The summed E-state index contributed by atoms with van der Waals surface area (Å²) in [6, 6.07) is 3.65. The quantitative estimate of drug-likeness (QED) is 0.793. The van der Waals surface area contributed by atoms with Crippen molar-refractivity contribution in [1.82, 2.24) is 0 Å². The minimum absolute atomic E-state index is 0.328. The third kappa shape index (κ3) is 3.98. The molecule has 0 saturated heterocycles. The number of anilines is 2. The summed E-state index contributed by atoms with van der Waals surface area (Å²) in [5.41, 5.74) is 9.05. The third-order valence-corrected chi connectivity index (χ3v) is 2.33. The fraction of sp³-hybridized carbons (Fsp3) is 0.462. The van der Waals surface area contributed by atoms with E-state index in [1.54, 1.807) is 0 Å². The lowest BCUT2D eigenvalue weighted by Gasteiger charge is -2.13. The Morgan fingerprint density at radius 1 is 1.35 bits per heavy atom. The van der Waals surface area contributed by atoms with Gasteiger partial charge < -0.3 is 10.5 Å². The Hall–Kier alpha value is -1.71. The van der Waals surface area contributed by atoms with Crippen molar-refractivity contribution in [3.8, 4) is 0 Å². The number of nitrogens with one attached hydrogen (secondary N) is 1. The minimum Gasteiger partial charge on any atom is -0.449 e. The molecule has 3 N–H and O–H groups in total. The number of rotatable bonds is 3. The number of amides is 1. The second-order valence-electron chi connectivity index (χ2n) is 4.65. The van der Waals surface area contributed by atoms with Crippen molar-refractivity contribution in [2.75, 3.05) is 17.7 Å². The van der Waals surface area contributed by atoms with Crippen LogP contribution < -0.4 is 11.1 Å². The van der Waals surface area contributed by atoms with Gasteiger partial charge in [0.2, 0.25) is 0 Å². The lowest BCUT2D eigenvalue weighted by Crippen LogP contribution is -2.18. The van der Waals surface area contributed by atoms with E-state index in [2.05, 4.69) is 5.32 Å². The molecule has 0 unspecified atom stereocenters. The predicted molar refractivity (Wildman–Crippen MR) is 70.1 cm³/mol. The number of ether oxygens (including phenoxy) is 1. The number of benzene rings is 1. The lowest BCUT2D eigenvalue weighted by atomic mass is 10.1. The van der Waals surface area contributed by atoms with E-state index >= 15 is 0 Å². The summed E-state index contributed by atoms with van der Waals surface area (Å²) in [7, 11) is 0. The van der Waals surface area contributed by atoms with E-state index in [0.29, 0.717) is 18.2 Å². The van der Waals surface area contributed by atoms with E-state index in [0.717, 1.165) is 16.8 Å². The SMILES string of the molecule is Cc1cc(N)cc(C)c1NC(=O)OCC(C)C. The summed E-state index contributed by atoms with van der Waals surface area (Å²) in [5, 5.41) is 2.74. The molecule has 1 aromatic rings. The minimum atomic E-state index is -0.422. The molecular weight excluding hydrogens is 216 g/mol. The highest BCUT2D eigenvalue weighted by Gasteiger charge is 2.09. The first-order valence-corrected chi connectivity index (χ1v) is 5.70. The third-order valence-electron chi connectivity index (χ3n) is 2.33. The number of nitrogen functional groups attached to an aromatic ring is 1. The van der Waals surface area contributed by atoms with Crippen molar-refractivity contribution in [3.63, 3.8) is 0 Å². The Morgan fingerprint density at radius 3 is 2.35 bits per heavy atom. The normalized spacial score (nSPS) is 10.4. The molecule has 0 aliphatic carbocycles. The van der Waals surface area contributed by atoms with Gasteiger partial charge in [0.15, 0.2) is 0 Å². The Balaban J connectivity index is 2.72. The lowest BCUT2D eigenvalue weighted by molar-refractivity contribution is 0.147. The van der Waals surface area contributed by atoms with Gasteiger partial charge >= 0.3 is 6.09 Å². The van der Waals surface area contributed by atoms with Crippen LogP contribution >= 0.6 is 0 Å². The standard InChI is InChI=1S/C13H20N2O2/c1-8(2)7-17-13(16)15-12-9(3)5-11(14)6-10(12)4/h5-6,8H,7,14H2,1-4H3,(H,15,16). The molecule has 0 saturated carbocycles. The van der Waals surface area contributed by atoms with E-state index in [4.69, 9.17) is 10.5 Å². The molecule has 17 heavy (non-hydrogen) atoms. The average molecular weight is 236 g/mol. The smallest absolute Gasteiger partial charge is 0.411 e. The zero-order chi connectivity index (χ0) is 13.0. The molecule has 94 valence electrons. The van der Waals surface area contributed by atoms with Crippen LogP contribution in [-0.2, 0) is 4.74 Å². The fourth-order valence-electron chi connectivity index (χ4n) is 1.57. The second-order valence-corrected chi connectivity index (χ2v) is 4.65. The topological polar surface area (TPSA) is 64.3 Å². The Labute approximate surface area is 102 Å². The molecule has 0 spiro atoms. The summed E-state index contributed by atoms with van der Waals surface area (Å²) in [6.45, 7) is 8.21. The van der Waals surface area contributed by atoms with E-state index in [9.17, 15) is 4.79 Å². The molecule has 0 radical (unpaired) electrons. The predicted octanol–water partition coefficient (Wildman–Crippen LogP) is 3.09. The van der Waals surface area contributed by atoms with E-state index in [1.165, 1.54) is 0 Å². The van der Waals surface area contributed by atoms with Gasteiger partial charge in [-0.1, -0.05) is 13.8 Å². The van der Waals surface area contributed by atoms with Crippen molar-refractivity contribution in [2.45, 2.75) is 27.7 Å². The van der Waals surface area contributed by atoms with Crippen molar-refractivity contribution in [3.05, 3.63) is 23.3 Å². The first-order valence-electron chi connectivity index (χ1n) is 5.70. The number of hydrogen-bond acceptors (Lipinski definition) is 3. The van der Waals surface area contributed by atoms with Crippen LogP contribution in [0.2, 0.25) is 0 Å².